The van der Waals surface area contributed by atoms with Crippen molar-refractivity contribution >= 4 is 0 Å². The fraction of sp³-hybridized carbons (Fsp3) is 1.00. The van der Waals surface area contributed by atoms with Gasteiger partial charge in [0.2, 0.25) is 0 Å². The van der Waals surface area contributed by atoms with Gasteiger partial charge in [-0.1, -0.05) is 13.8 Å². The van der Waals surface area contributed by atoms with E-state index in [9.17, 15) is 0 Å². The summed E-state index contributed by atoms with van der Waals surface area (Å²) in [5.41, 5.74) is 0. The van der Waals surface area contributed by atoms with E-state index < -0.39 is 0 Å². The van der Waals surface area contributed by atoms with Crippen molar-refractivity contribution in [2.45, 2.75) is 26.1 Å². The lowest BCUT2D eigenvalue weighted by Gasteiger charge is -2.20. The highest BCUT2D eigenvalue weighted by molar-refractivity contribution is 4.86. The summed E-state index contributed by atoms with van der Waals surface area (Å²) in [4.78, 5) is 2.43. The van der Waals surface area contributed by atoms with Gasteiger partial charge in [0.05, 0.1) is 12.2 Å². The first-order chi connectivity index (χ1) is 7.71. The van der Waals surface area contributed by atoms with Gasteiger partial charge in [0, 0.05) is 33.9 Å². The van der Waals surface area contributed by atoms with Crippen LogP contribution in [0.3, 0.4) is 0 Å². The van der Waals surface area contributed by atoms with E-state index in [1.807, 2.05) is 0 Å². The van der Waals surface area contributed by atoms with Gasteiger partial charge >= 0.3 is 0 Å². The predicted molar refractivity (Wildman–Crippen MR) is 65.7 cm³/mol. The van der Waals surface area contributed by atoms with Crippen LogP contribution in [0, 0.1) is 5.92 Å². The third kappa shape index (κ3) is 4.01. The predicted octanol–water partition coefficient (Wildman–Crippen LogP) is 0.578. The van der Waals surface area contributed by atoms with Crippen LogP contribution in [-0.2, 0) is 9.47 Å². The normalized spacial score (nSPS) is 28.5. The molecule has 1 heterocycles. The van der Waals surface area contributed by atoms with Crippen LogP contribution in [0.25, 0.3) is 0 Å². The van der Waals surface area contributed by atoms with Gasteiger partial charge in [-0.25, -0.2) is 0 Å². The van der Waals surface area contributed by atoms with Crippen molar-refractivity contribution in [2.75, 3.05) is 46.9 Å². The van der Waals surface area contributed by atoms with Crippen LogP contribution >= 0.6 is 0 Å². The van der Waals surface area contributed by atoms with Crippen LogP contribution in [0.2, 0.25) is 0 Å². The zero-order valence-corrected chi connectivity index (χ0v) is 11.0. The molecule has 0 aromatic heterocycles. The molecule has 0 aliphatic carbocycles. The summed E-state index contributed by atoms with van der Waals surface area (Å²) in [7, 11) is 3.53. The third-order valence-corrected chi connectivity index (χ3v) is 3.21. The van der Waals surface area contributed by atoms with E-state index in [1.54, 1.807) is 14.2 Å². The lowest BCUT2D eigenvalue weighted by atomic mass is 10.1. The van der Waals surface area contributed by atoms with Crippen molar-refractivity contribution in [1.29, 1.82) is 0 Å². The number of hydrogen-bond donors (Lipinski definition) is 1. The number of ether oxygens (including phenoxy) is 2. The van der Waals surface area contributed by atoms with Crippen LogP contribution in [0.1, 0.15) is 13.8 Å². The Morgan fingerprint density at radius 3 is 2.25 bits per heavy atom. The SMILES string of the molecule is CCNCC(C)CN1CC(OC)C(OC)C1. The van der Waals surface area contributed by atoms with Gasteiger partial charge < -0.3 is 14.8 Å². The topological polar surface area (TPSA) is 33.7 Å². The Labute approximate surface area is 99.3 Å². The third-order valence-electron chi connectivity index (χ3n) is 3.21. The van der Waals surface area contributed by atoms with Crippen molar-refractivity contribution in [1.82, 2.24) is 10.2 Å². The molecule has 1 fully saturated rings. The first-order valence-electron chi connectivity index (χ1n) is 6.19. The van der Waals surface area contributed by atoms with Crippen molar-refractivity contribution < 1.29 is 9.47 Å². The molecule has 0 radical (unpaired) electrons. The highest BCUT2D eigenvalue weighted by atomic mass is 16.5. The van der Waals surface area contributed by atoms with E-state index >= 15 is 0 Å². The van der Waals surface area contributed by atoms with E-state index in [1.165, 1.54) is 0 Å². The first kappa shape index (κ1) is 13.9. The molecule has 0 aromatic carbocycles. The average molecular weight is 230 g/mol. The second kappa shape index (κ2) is 7.22. The van der Waals surface area contributed by atoms with Gasteiger partial charge in [-0.2, -0.15) is 0 Å². The fourth-order valence-electron chi connectivity index (χ4n) is 2.32. The molecule has 16 heavy (non-hydrogen) atoms. The molecule has 4 nitrogen and oxygen atoms in total. The fourth-order valence-corrected chi connectivity index (χ4v) is 2.32. The molecule has 0 saturated carbocycles. The summed E-state index contributed by atoms with van der Waals surface area (Å²) in [5, 5.41) is 3.38. The first-order valence-corrected chi connectivity index (χ1v) is 6.19. The molecule has 0 spiro atoms. The number of likely N-dealkylation sites (tertiary alicyclic amines) is 1. The van der Waals surface area contributed by atoms with Crippen LogP contribution in [0.5, 0.6) is 0 Å². The molecule has 0 amide bonds. The quantitative estimate of drug-likeness (QED) is 0.693. The number of hydrogen-bond acceptors (Lipinski definition) is 4. The number of nitrogens with zero attached hydrogens (tertiary/aromatic N) is 1. The number of methoxy groups -OCH3 is 2. The summed E-state index contributed by atoms with van der Waals surface area (Å²) in [6, 6.07) is 0. The van der Waals surface area contributed by atoms with Crippen LogP contribution in [0.4, 0.5) is 0 Å². The van der Waals surface area contributed by atoms with Crippen molar-refractivity contribution in [2.24, 2.45) is 5.92 Å². The molecule has 4 heteroatoms. The van der Waals surface area contributed by atoms with Crippen molar-refractivity contribution in [3.63, 3.8) is 0 Å². The Hall–Kier alpha value is -0.160. The van der Waals surface area contributed by atoms with E-state index in [0.29, 0.717) is 5.92 Å². The van der Waals surface area contributed by atoms with E-state index in [0.717, 1.165) is 32.7 Å². The van der Waals surface area contributed by atoms with Gasteiger partial charge in [0.25, 0.3) is 0 Å². The maximum Gasteiger partial charge on any atom is 0.0971 e. The Balaban J connectivity index is 2.28. The Morgan fingerprint density at radius 1 is 1.25 bits per heavy atom. The summed E-state index contributed by atoms with van der Waals surface area (Å²) in [5.74, 6) is 0.674. The average Bonchev–Trinajstić information content (AvgIpc) is 2.68. The van der Waals surface area contributed by atoms with Crippen LogP contribution < -0.4 is 5.32 Å². The monoisotopic (exact) mass is 230 g/mol. The molecule has 0 aromatic rings. The summed E-state index contributed by atoms with van der Waals surface area (Å²) in [6.07, 6.45) is 0.465. The Kier molecular flexibility index (Phi) is 6.28. The van der Waals surface area contributed by atoms with Gasteiger partial charge in [-0.05, 0) is 19.0 Å². The van der Waals surface area contributed by atoms with Gasteiger partial charge in [-0.3, -0.25) is 4.90 Å². The lowest BCUT2D eigenvalue weighted by Crippen LogP contribution is -2.32. The lowest BCUT2D eigenvalue weighted by molar-refractivity contribution is -0.00461. The number of nitrogens with one attached hydrogen (secondary N) is 1. The van der Waals surface area contributed by atoms with Crippen molar-refractivity contribution in [3.8, 4) is 0 Å². The summed E-state index contributed by atoms with van der Waals surface area (Å²) < 4.78 is 10.9. The molecule has 1 N–H and O–H groups in total. The maximum absolute atomic E-state index is 5.43. The maximum atomic E-state index is 5.43. The molecule has 1 saturated heterocycles. The molecule has 1 rings (SSSR count). The minimum Gasteiger partial charge on any atom is -0.377 e. The van der Waals surface area contributed by atoms with Crippen LogP contribution in [0.15, 0.2) is 0 Å². The smallest absolute Gasteiger partial charge is 0.0971 e. The number of rotatable bonds is 7. The molecule has 1 aliphatic rings. The summed E-state index contributed by atoms with van der Waals surface area (Å²) >= 11 is 0. The molecule has 96 valence electrons. The zero-order valence-electron chi connectivity index (χ0n) is 11.0. The van der Waals surface area contributed by atoms with Crippen LogP contribution in [-0.4, -0.2) is 64.1 Å². The van der Waals surface area contributed by atoms with Gasteiger partial charge in [0.15, 0.2) is 0 Å². The molecule has 0 bridgehead atoms. The molecule has 3 unspecified atom stereocenters. The van der Waals surface area contributed by atoms with E-state index in [-0.39, 0.29) is 12.2 Å². The highest BCUT2D eigenvalue weighted by Crippen LogP contribution is 2.16. The second-order valence-corrected chi connectivity index (χ2v) is 4.68. The summed E-state index contributed by atoms with van der Waals surface area (Å²) in [6.45, 7) is 9.66. The standard InChI is InChI=1S/C12H26N2O2/c1-5-13-6-10(2)7-14-8-11(15-3)12(9-14)16-4/h10-13H,5-9H2,1-4H3. The highest BCUT2D eigenvalue weighted by Gasteiger charge is 2.33. The largest absolute Gasteiger partial charge is 0.377 e. The molecule has 1 aliphatic heterocycles. The molecule has 3 atom stereocenters. The minimum absolute atomic E-state index is 0.233. The van der Waals surface area contributed by atoms with Gasteiger partial charge in [-0.15, -0.1) is 0 Å². The molecular formula is C12H26N2O2. The zero-order chi connectivity index (χ0) is 12.0. The molecular weight excluding hydrogens is 204 g/mol. The second-order valence-electron chi connectivity index (χ2n) is 4.68. The van der Waals surface area contributed by atoms with Crippen molar-refractivity contribution in [3.05, 3.63) is 0 Å². The van der Waals surface area contributed by atoms with Gasteiger partial charge in [0.1, 0.15) is 0 Å². The van der Waals surface area contributed by atoms with E-state index in [4.69, 9.17) is 9.47 Å². The Bertz CT molecular complexity index is 178. The van der Waals surface area contributed by atoms with E-state index in [2.05, 4.69) is 24.1 Å². The Morgan fingerprint density at radius 2 is 1.81 bits per heavy atom. The minimum atomic E-state index is 0.233.